The number of fused-ring (bicyclic) bond motifs is 1. The Hall–Kier alpha value is -3.28. The molecule has 4 heterocycles. The summed E-state index contributed by atoms with van der Waals surface area (Å²) >= 11 is 0. The van der Waals surface area contributed by atoms with Crippen molar-refractivity contribution in [3.63, 3.8) is 0 Å². The number of likely N-dealkylation sites (N-methyl/N-ethyl adjacent to an activating group) is 1. The van der Waals surface area contributed by atoms with Crippen molar-refractivity contribution in [3.8, 4) is 6.07 Å². The van der Waals surface area contributed by atoms with Gasteiger partial charge in [-0.1, -0.05) is 12.1 Å². The molecular weight excluding hydrogens is 414 g/mol. The molecule has 1 atom stereocenters. The summed E-state index contributed by atoms with van der Waals surface area (Å²) in [5.74, 6) is 1.67. The SMILES string of the molecule is Cc1c(C#N)cccc1[C@@H](C)Nc1nnc(C)c2cnc(N3CCOCC34CN(C)C4)cc12. The van der Waals surface area contributed by atoms with E-state index in [-0.39, 0.29) is 11.6 Å². The molecule has 8 heteroatoms. The number of nitriles is 1. The van der Waals surface area contributed by atoms with E-state index in [4.69, 9.17) is 9.72 Å². The number of pyridine rings is 1. The average Bonchev–Trinajstić information content (AvgIpc) is 2.80. The number of likely N-dealkylation sites (tertiary alicyclic amines) is 1. The van der Waals surface area contributed by atoms with E-state index in [1.807, 2.05) is 32.2 Å². The van der Waals surface area contributed by atoms with E-state index in [2.05, 4.69) is 57.5 Å². The Morgan fingerprint density at radius 2 is 2.03 bits per heavy atom. The molecule has 2 saturated heterocycles. The first-order valence-electron chi connectivity index (χ1n) is 11.3. The third kappa shape index (κ3) is 3.67. The fourth-order valence-electron chi connectivity index (χ4n) is 5.25. The third-order valence-electron chi connectivity index (χ3n) is 6.96. The van der Waals surface area contributed by atoms with Gasteiger partial charge in [-0.2, -0.15) is 10.4 Å². The van der Waals surface area contributed by atoms with Crippen LogP contribution in [0.2, 0.25) is 0 Å². The molecule has 5 rings (SSSR count). The number of aryl methyl sites for hydroxylation is 1. The number of ether oxygens (including phenoxy) is 1. The number of hydrogen-bond donors (Lipinski definition) is 1. The Labute approximate surface area is 194 Å². The minimum Gasteiger partial charge on any atom is -0.377 e. The van der Waals surface area contributed by atoms with Gasteiger partial charge in [0.15, 0.2) is 5.82 Å². The van der Waals surface area contributed by atoms with Crippen molar-refractivity contribution in [1.82, 2.24) is 20.1 Å². The summed E-state index contributed by atoms with van der Waals surface area (Å²) in [5, 5.41) is 23.8. The van der Waals surface area contributed by atoms with Crippen LogP contribution >= 0.6 is 0 Å². The number of anilines is 2. The summed E-state index contributed by atoms with van der Waals surface area (Å²) in [4.78, 5) is 9.54. The predicted octanol–water partition coefficient (Wildman–Crippen LogP) is 3.21. The maximum absolute atomic E-state index is 9.41. The second-order valence-electron chi connectivity index (χ2n) is 9.32. The molecule has 1 spiro atoms. The predicted molar refractivity (Wildman–Crippen MR) is 128 cm³/mol. The van der Waals surface area contributed by atoms with Gasteiger partial charge in [0.05, 0.1) is 42.1 Å². The summed E-state index contributed by atoms with van der Waals surface area (Å²) in [5.41, 5.74) is 3.58. The topological polar surface area (TPSA) is 90.2 Å². The highest BCUT2D eigenvalue weighted by Crippen LogP contribution is 2.36. The standard InChI is InChI=1S/C25H29N7O/c1-16-19(11-26)6-5-7-20(16)17(2)28-24-21-10-23(27-12-22(21)18(3)29-30-24)32-8-9-33-15-25(32)13-31(4)14-25/h5-7,10,12,17H,8-9,13-15H2,1-4H3,(H,28,30)/t17-/m1/s1. The van der Waals surface area contributed by atoms with Gasteiger partial charge in [-0.05, 0) is 51.1 Å². The number of nitrogens with zero attached hydrogens (tertiary/aromatic N) is 6. The molecule has 0 saturated carbocycles. The second-order valence-corrected chi connectivity index (χ2v) is 9.32. The van der Waals surface area contributed by atoms with Crippen LogP contribution in [0.15, 0.2) is 30.5 Å². The molecule has 2 fully saturated rings. The van der Waals surface area contributed by atoms with Crippen LogP contribution in [0.3, 0.4) is 0 Å². The Bertz CT molecular complexity index is 1240. The molecule has 2 aliphatic rings. The van der Waals surface area contributed by atoms with Gasteiger partial charge in [-0.25, -0.2) is 4.98 Å². The summed E-state index contributed by atoms with van der Waals surface area (Å²) in [6.07, 6.45) is 1.91. The molecule has 0 aliphatic carbocycles. The van der Waals surface area contributed by atoms with Crippen LogP contribution in [-0.4, -0.2) is 65.5 Å². The van der Waals surface area contributed by atoms with Crippen molar-refractivity contribution in [2.45, 2.75) is 32.4 Å². The lowest BCUT2D eigenvalue weighted by molar-refractivity contribution is -0.0262. The minimum absolute atomic E-state index is 0.0150. The lowest BCUT2D eigenvalue weighted by Crippen LogP contribution is -2.74. The Morgan fingerprint density at radius 1 is 1.21 bits per heavy atom. The van der Waals surface area contributed by atoms with Gasteiger partial charge in [-0.15, -0.1) is 5.10 Å². The average molecular weight is 444 g/mol. The molecular formula is C25H29N7O. The highest BCUT2D eigenvalue weighted by Gasteiger charge is 2.48. The number of aromatic nitrogens is 3. The quantitative estimate of drug-likeness (QED) is 0.657. The molecule has 170 valence electrons. The van der Waals surface area contributed by atoms with Crippen molar-refractivity contribution < 1.29 is 4.74 Å². The van der Waals surface area contributed by atoms with Gasteiger partial charge in [0.2, 0.25) is 0 Å². The number of nitrogens with one attached hydrogen (secondary N) is 1. The molecule has 3 aromatic rings. The molecule has 33 heavy (non-hydrogen) atoms. The van der Waals surface area contributed by atoms with Crippen molar-refractivity contribution >= 4 is 22.4 Å². The fourth-order valence-corrected chi connectivity index (χ4v) is 5.25. The summed E-state index contributed by atoms with van der Waals surface area (Å²) in [7, 11) is 2.14. The van der Waals surface area contributed by atoms with E-state index in [0.717, 1.165) is 65.5 Å². The zero-order valence-corrected chi connectivity index (χ0v) is 19.6. The molecule has 2 aliphatic heterocycles. The van der Waals surface area contributed by atoms with Crippen molar-refractivity contribution in [2.75, 3.05) is 50.1 Å². The molecule has 8 nitrogen and oxygen atoms in total. The van der Waals surface area contributed by atoms with Crippen LogP contribution in [0.4, 0.5) is 11.6 Å². The largest absolute Gasteiger partial charge is 0.377 e. The normalized spacial score (nSPS) is 18.7. The Balaban J connectivity index is 1.52. The highest BCUT2D eigenvalue weighted by atomic mass is 16.5. The molecule has 0 amide bonds. The zero-order valence-electron chi connectivity index (χ0n) is 19.6. The van der Waals surface area contributed by atoms with Gasteiger partial charge in [0.1, 0.15) is 5.82 Å². The maximum atomic E-state index is 9.41. The van der Waals surface area contributed by atoms with Gasteiger partial charge >= 0.3 is 0 Å². The lowest BCUT2D eigenvalue weighted by atomic mass is 9.88. The molecule has 0 radical (unpaired) electrons. The fraction of sp³-hybridized carbons (Fsp3) is 0.440. The van der Waals surface area contributed by atoms with Crippen LogP contribution < -0.4 is 10.2 Å². The molecule has 2 aromatic heterocycles. The lowest BCUT2D eigenvalue weighted by Gasteiger charge is -2.57. The highest BCUT2D eigenvalue weighted by molar-refractivity contribution is 5.94. The first-order chi connectivity index (χ1) is 15.9. The number of hydrogen-bond acceptors (Lipinski definition) is 8. The van der Waals surface area contributed by atoms with Crippen molar-refractivity contribution in [1.29, 1.82) is 5.26 Å². The van der Waals surface area contributed by atoms with Crippen LogP contribution in [0.25, 0.3) is 10.8 Å². The van der Waals surface area contributed by atoms with E-state index >= 15 is 0 Å². The smallest absolute Gasteiger partial charge is 0.157 e. The number of morpholine rings is 1. The van der Waals surface area contributed by atoms with E-state index < -0.39 is 0 Å². The minimum atomic E-state index is -0.0369. The Kier molecular flexibility index (Phi) is 5.39. The Morgan fingerprint density at radius 3 is 2.79 bits per heavy atom. The van der Waals surface area contributed by atoms with Gasteiger partial charge in [0.25, 0.3) is 0 Å². The van der Waals surface area contributed by atoms with E-state index in [1.54, 1.807) is 0 Å². The van der Waals surface area contributed by atoms with Crippen LogP contribution in [0.5, 0.6) is 0 Å². The third-order valence-corrected chi connectivity index (χ3v) is 6.96. The van der Waals surface area contributed by atoms with Gasteiger partial charge in [0, 0.05) is 36.6 Å². The van der Waals surface area contributed by atoms with Crippen LogP contribution in [0.1, 0.15) is 35.3 Å². The van der Waals surface area contributed by atoms with E-state index in [9.17, 15) is 5.26 Å². The summed E-state index contributed by atoms with van der Waals surface area (Å²) < 4.78 is 5.84. The first kappa shape index (κ1) is 21.6. The zero-order chi connectivity index (χ0) is 23.2. The van der Waals surface area contributed by atoms with E-state index in [1.165, 1.54) is 0 Å². The first-order valence-corrected chi connectivity index (χ1v) is 11.3. The van der Waals surface area contributed by atoms with Crippen LogP contribution in [-0.2, 0) is 4.74 Å². The van der Waals surface area contributed by atoms with Crippen molar-refractivity contribution in [2.24, 2.45) is 0 Å². The molecule has 0 unspecified atom stereocenters. The summed E-state index contributed by atoms with van der Waals surface area (Å²) in [6.45, 7) is 10.2. The molecule has 1 N–H and O–H groups in total. The maximum Gasteiger partial charge on any atom is 0.157 e. The monoisotopic (exact) mass is 443 g/mol. The second kappa shape index (κ2) is 8.25. The van der Waals surface area contributed by atoms with E-state index in [0.29, 0.717) is 12.2 Å². The number of benzene rings is 1. The van der Waals surface area contributed by atoms with Gasteiger partial charge in [-0.3, -0.25) is 0 Å². The summed E-state index contributed by atoms with van der Waals surface area (Å²) in [6, 6.07) is 10.2. The number of rotatable bonds is 4. The molecule has 1 aromatic carbocycles. The molecule has 0 bridgehead atoms. The van der Waals surface area contributed by atoms with Crippen LogP contribution in [0, 0.1) is 25.2 Å². The van der Waals surface area contributed by atoms with Crippen molar-refractivity contribution in [3.05, 3.63) is 52.8 Å². The van der Waals surface area contributed by atoms with Gasteiger partial charge < -0.3 is 19.9 Å².